The molecule has 3 aromatic rings. The first-order valence-electron chi connectivity index (χ1n) is 8.21. The molecule has 0 radical (unpaired) electrons. The number of rotatable bonds is 5. The number of thioether (sulfide) groups is 1. The largest absolute Gasteiger partial charge is 0.461 e. The molecule has 10 heteroatoms. The highest BCUT2D eigenvalue weighted by Gasteiger charge is 2.60. The van der Waals surface area contributed by atoms with Crippen LogP contribution in [0.3, 0.4) is 0 Å². The zero-order chi connectivity index (χ0) is 19.7. The van der Waals surface area contributed by atoms with Crippen molar-refractivity contribution in [2.45, 2.75) is 23.4 Å². The van der Waals surface area contributed by atoms with Crippen LogP contribution in [0.2, 0.25) is 5.15 Å². The Kier molecular flexibility index (Phi) is 5.05. The fraction of sp³-hybridized carbons (Fsp3) is 0.222. The molecule has 0 unspecified atom stereocenters. The molecule has 28 heavy (non-hydrogen) atoms. The Morgan fingerprint density at radius 3 is 2.86 bits per heavy atom. The lowest BCUT2D eigenvalue weighted by Crippen LogP contribution is -2.21. The van der Waals surface area contributed by atoms with Crippen LogP contribution in [0.15, 0.2) is 54.1 Å². The molecular weight excluding hydrogens is 407 g/mol. The summed E-state index contributed by atoms with van der Waals surface area (Å²) in [6.07, 6.45) is 2.54. The van der Waals surface area contributed by atoms with Gasteiger partial charge in [-0.2, -0.15) is 5.10 Å². The van der Waals surface area contributed by atoms with Crippen LogP contribution in [0.25, 0.3) is 0 Å². The lowest BCUT2D eigenvalue weighted by atomic mass is 9.92. The minimum Gasteiger partial charge on any atom is -0.461 e. The predicted octanol–water partition coefficient (Wildman–Crippen LogP) is 3.99. The fourth-order valence-electron chi connectivity index (χ4n) is 3.03. The second kappa shape index (κ2) is 7.50. The summed E-state index contributed by atoms with van der Waals surface area (Å²) in [5.74, 6) is -0.349. The molecule has 1 fully saturated rings. The van der Waals surface area contributed by atoms with E-state index in [4.69, 9.17) is 16.3 Å². The molecule has 0 aliphatic carbocycles. The molecule has 2 atom stereocenters. The van der Waals surface area contributed by atoms with Crippen molar-refractivity contribution < 1.29 is 18.7 Å². The zero-order valence-corrected chi connectivity index (χ0v) is 16.2. The van der Waals surface area contributed by atoms with E-state index in [1.807, 2.05) is 6.07 Å². The van der Waals surface area contributed by atoms with Crippen molar-refractivity contribution in [3.63, 3.8) is 0 Å². The standard InChI is InChI=1S/C18H14ClFN4O3S/c1-26-17(25)28-16-22-10-23-24(16)9-18(11-4-6-12(20)7-5-11)14(27-18)13-3-2-8-21-15(13)19/h2-8,10,14H,9H2,1H3/t14-,18-/m1/s1. The van der Waals surface area contributed by atoms with E-state index in [1.165, 1.54) is 25.6 Å². The molecule has 7 nitrogen and oxygen atoms in total. The number of halogens is 2. The number of hydrogen-bond donors (Lipinski definition) is 0. The summed E-state index contributed by atoms with van der Waals surface area (Å²) in [6, 6.07) is 9.65. The van der Waals surface area contributed by atoms with Crippen LogP contribution < -0.4 is 0 Å². The highest BCUT2D eigenvalue weighted by molar-refractivity contribution is 8.13. The van der Waals surface area contributed by atoms with Crippen LogP contribution in [0.5, 0.6) is 0 Å². The summed E-state index contributed by atoms with van der Waals surface area (Å²) in [5.41, 5.74) is 0.624. The van der Waals surface area contributed by atoms with Gasteiger partial charge in [0.25, 0.3) is 0 Å². The van der Waals surface area contributed by atoms with Crippen molar-refractivity contribution in [1.82, 2.24) is 19.7 Å². The van der Waals surface area contributed by atoms with Crippen LogP contribution >= 0.6 is 23.4 Å². The molecule has 0 saturated carbocycles. The number of benzene rings is 1. The molecular formula is C18H14ClFN4O3S. The van der Waals surface area contributed by atoms with E-state index in [-0.39, 0.29) is 12.4 Å². The third-order valence-corrected chi connectivity index (χ3v) is 5.55. The Morgan fingerprint density at radius 1 is 1.36 bits per heavy atom. The van der Waals surface area contributed by atoms with Crippen LogP contribution in [-0.2, 0) is 21.6 Å². The van der Waals surface area contributed by atoms with Crippen LogP contribution in [0.4, 0.5) is 9.18 Å². The number of carbonyl (C=O) groups excluding carboxylic acids is 1. The van der Waals surface area contributed by atoms with Gasteiger partial charge in [-0.3, -0.25) is 0 Å². The number of aromatic nitrogens is 4. The van der Waals surface area contributed by atoms with E-state index >= 15 is 0 Å². The highest BCUT2D eigenvalue weighted by atomic mass is 35.5. The average molecular weight is 421 g/mol. The van der Waals surface area contributed by atoms with Gasteiger partial charge in [0, 0.05) is 23.5 Å². The predicted molar refractivity (Wildman–Crippen MR) is 99.4 cm³/mol. The molecule has 0 N–H and O–H groups in total. The summed E-state index contributed by atoms with van der Waals surface area (Å²) in [4.78, 5) is 19.8. The second-order valence-corrected chi connectivity index (χ2v) is 7.29. The van der Waals surface area contributed by atoms with Gasteiger partial charge >= 0.3 is 5.30 Å². The molecule has 1 aliphatic heterocycles. The maximum atomic E-state index is 13.4. The van der Waals surface area contributed by atoms with E-state index in [2.05, 4.69) is 19.8 Å². The minimum absolute atomic E-state index is 0.244. The van der Waals surface area contributed by atoms with Crippen LogP contribution in [-0.4, -0.2) is 32.2 Å². The Bertz CT molecular complexity index is 1020. The van der Waals surface area contributed by atoms with E-state index in [0.717, 1.165) is 22.9 Å². The highest BCUT2D eigenvalue weighted by Crippen LogP contribution is 2.59. The van der Waals surface area contributed by atoms with Crippen molar-refractivity contribution in [3.05, 3.63) is 71.0 Å². The summed E-state index contributed by atoms with van der Waals surface area (Å²) in [7, 11) is 1.29. The summed E-state index contributed by atoms with van der Waals surface area (Å²) < 4.78 is 25.8. The van der Waals surface area contributed by atoms with E-state index in [1.54, 1.807) is 29.1 Å². The molecule has 1 saturated heterocycles. The molecule has 4 rings (SSSR count). The maximum Gasteiger partial charge on any atom is 0.374 e. The Hall–Kier alpha value is -2.49. The Balaban J connectivity index is 1.70. The van der Waals surface area contributed by atoms with E-state index in [0.29, 0.717) is 10.3 Å². The summed E-state index contributed by atoms with van der Waals surface area (Å²) in [5, 5.41) is 4.38. The topological polar surface area (TPSA) is 82.4 Å². The van der Waals surface area contributed by atoms with Gasteiger partial charge in [-0.1, -0.05) is 29.8 Å². The number of hydrogen-bond acceptors (Lipinski definition) is 7. The normalized spacial score (nSPS) is 20.8. The first-order chi connectivity index (χ1) is 13.5. The molecule has 0 spiro atoms. The van der Waals surface area contributed by atoms with Crippen molar-refractivity contribution in [3.8, 4) is 0 Å². The third-order valence-electron chi connectivity index (χ3n) is 4.40. The van der Waals surface area contributed by atoms with Gasteiger partial charge in [-0.05, 0) is 23.8 Å². The molecule has 3 heterocycles. The van der Waals surface area contributed by atoms with Gasteiger partial charge < -0.3 is 9.47 Å². The van der Waals surface area contributed by atoms with Crippen molar-refractivity contribution in [1.29, 1.82) is 0 Å². The maximum absolute atomic E-state index is 13.4. The lowest BCUT2D eigenvalue weighted by molar-refractivity contribution is 0.200. The van der Waals surface area contributed by atoms with Crippen LogP contribution in [0.1, 0.15) is 17.2 Å². The van der Waals surface area contributed by atoms with Gasteiger partial charge in [-0.15, -0.1) is 0 Å². The number of pyridine rings is 1. The molecule has 1 aromatic carbocycles. The minimum atomic E-state index is -0.848. The monoisotopic (exact) mass is 420 g/mol. The quantitative estimate of drug-likeness (QED) is 0.267. The smallest absolute Gasteiger partial charge is 0.374 e. The van der Waals surface area contributed by atoms with Crippen molar-refractivity contribution in [2.75, 3.05) is 7.11 Å². The first-order valence-corrected chi connectivity index (χ1v) is 9.41. The number of methoxy groups -OCH3 is 1. The first kappa shape index (κ1) is 18.9. The number of carbonyl (C=O) groups is 1. The average Bonchev–Trinajstić information content (AvgIpc) is 3.26. The Labute approximate surface area is 168 Å². The molecule has 1 aliphatic rings. The summed E-state index contributed by atoms with van der Waals surface area (Å²) in [6.45, 7) is 0.244. The number of ether oxygens (including phenoxy) is 2. The molecule has 0 amide bonds. The van der Waals surface area contributed by atoms with Gasteiger partial charge in [0.15, 0.2) is 5.16 Å². The fourth-order valence-corrected chi connectivity index (χ4v) is 3.80. The Morgan fingerprint density at radius 2 is 2.14 bits per heavy atom. The van der Waals surface area contributed by atoms with Crippen LogP contribution in [0, 0.1) is 5.82 Å². The van der Waals surface area contributed by atoms with Gasteiger partial charge in [0.2, 0.25) is 0 Å². The number of epoxide rings is 1. The SMILES string of the molecule is COC(=O)Sc1ncnn1C[C@]1(c2ccc(F)cc2)O[C@@H]1c1cccnc1Cl. The second-order valence-electron chi connectivity index (χ2n) is 6.03. The summed E-state index contributed by atoms with van der Waals surface area (Å²) >= 11 is 7.07. The van der Waals surface area contributed by atoms with Crippen molar-refractivity contribution >= 4 is 28.7 Å². The third kappa shape index (κ3) is 3.48. The van der Waals surface area contributed by atoms with Gasteiger partial charge in [0.1, 0.15) is 29.0 Å². The zero-order valence-electron chi connectivity index (χ0n) is 14.6. The molecule has 2 aromatic heterocycles. The number of nitrogens with zero attached hydrogens (tertiary/aromatic N) is 4. The van der Waals surface area contributed by atoms with E-state index in [9.17, 15) is 9.18 Å². The van der Waals surface area contributed by atoms with E-state index < -0.39 is 17.0 Å². The van der Waals surface area contributed by atoms with Gasteiger partial charge in [0.05, 0.1) is 13.7 Å². The molecule has 144 valence electrons. The molecule has 0 bridgehead atoms. The lowest BCUT2D eigenvalue weighted by Gasteiger charge is -2.15. The van der Waals surface area contributed by atoms with Gasteiger partial charge in [-0.25, -0.2) is 23.8 Å². The van der Waals surface area contributed by atoms with Crippen molar-refractivity contribution in [2.24, 2.45) is 0 Å².